The van der Waals surface area contributed by atoms with Gasteiger partial charge in [-0.1, -0.05) is 17.7 Å². The normalized spacial score (nSPS) is 13.9. The number of carbonyl (C=O) groups is 3. The first-order chi connectivity index (χ1) is 13.8. The summed E-state index contributed by atoms with van der Waals surface area (Å²) in [4.78, 5) is 46.7. The molecule has 152 valence electrons. The molecule has 1 fully saturated rings. The predicted molar refractivity (Wildman–Crippen MR) is 110 cm³/mol. The molecular formula is C21H23ClN4O3. The summed E-state index contributed by atoms with van der Waals surface area (Å²) in [5, 5.41) is 0.517. The molecular weight excluding hydrogens is 392 g/mol. The molecule has 0 unspecified atom stereocenters. The second-order valence-electron chi connectivity index (χ2n) is 7.12. The number of piperazine rings is 1. The molecule has 7 nitrogen and oxygen atoms in total. The van der Waals surface area contributed by atoms with Crippen LogP contribution in [0.25, 0.3) is 0 Å². The van der Waals surface area contributed by atoms with E-state index >= 15 is 0 Å². The van der Waals surface area contributed by atoms with Gasteiger partial charge < -0.3 is 14.7 Å². The predicted octanol–water partition coefficient (Wildman–Crippen LogP) is 2.34. The van der Waals surface area contributed by atoms with E-state index in [0.717, 1.165) is 0 Å². The average molecular weight is 415 g/mol. The Kier molecular flexibility index (Phi) is 6.17. The summed E-state index contributed by atoms with van der Waals surface area (Å²) in [6.07, 6.45) is 0. The Morgan fingerprint density at radius 3 is 2.14 bits per heavy atom. The first kappa shape index (κ1) is 20.8. The topological polar surface area (TPSA) is 73.8 Å². The maximum Gasteiger partial charge on any atom is 0.271 e. The van der Waals surface area contributed by atoms with Gasteiger partial charge in [0.05, 0.1) is 11.3 Å². The fourth-order valence-electron chi connectivity index (χ4n) is 3.22. The molecule has 0 bridgehead atoms. The fraction of sp³-hybridized carbons (Fsp3) is 0.333. The minimum absolute atomic E-state index is 0.0935. The summed E-state index contributed by atoms with van der Waals surface area (Å²) >= 11 is 5.97. The standard InChI is InChI=1S/C21H23ClN4O3/c1-14-17(7-8-18(23-14)21(29)24(2)3)20(28)26-11-9-25(10-12-26)19(27)15-5-4-6-16(22)13-15/h4-8,13H,9-12H2,1-3H3. The van der Waals surface area contributed by atoms with Crippen molar-refractivity contribution in [3.8, 4) is 0 Å². The van der Waals surface area contributed by atoms with Gasteiger partial charge in [0.15, 0.2) is 0 Å². The van der Waals surface area contributed by atoms with Gasteiger partial charge in [0.25, 0.3) is 17.7 Å². The molecule has 1 aromatic carbocycles. The Morgan fingerprint density at radius 2 is 1.59 bits per heavy atom. The van der Waals surface area contributed by atoms with E-state index in [4.69, 9.17) is 11.6 Å². The molecule has 0 spiro atoms. The van der Waals surface area contributed by atoms with Gasteiger partial charge in [-0.2, -0.15) is 0 Å². The van der Waals surface area contributed by atoms with Gasteiger partial charge in [-0.25, -0.2) is 4.98 Å². The molecule has 2 heterocycles. The number of hydrogen-bond acceptors (Lipinski definition) is 4. The number of aryl methyl sites for hydroxylation is 1. The van der Waals surface area contributed by atoms with Crippen LogP contribution in [-0.2, 0) is 0 Å². The SMILES string of the molecule is Cc1nc(C(=O)N(C)C)ccc1C(=O)N1CCN(C(=O)c2cccc(Cl)c2)CC1. The van der Waals surface area contributed by atoms with Crippen LogP contribution in [0.4, 0.5) is 0 Å². The molecule has 0 radical (unpaired) electrons. The lowest BCUT2D eigenvalue weighted by Crippen LogP contribution is -2.50. The summed E-state index contributed by atoms with van der Waals surface area (Å²) in [6, 6.07) is 10.1. The molecule has 8 heteroatoms. The van der Waals surface area contributed by atoms with E-state index in [1.807, 2.05) is 0 Å². The summed E-state index contributed by atoms with van der Waals surface area (Å²) in [6.45, 7) is 3.48. The van der Waals surface area contributed by atoms with Gasteiger partial charge in [0.1, 0.15) is 5.69 Å². The van der Waals surface area contributed by atoms with Gasteiger partial charge in [-0.3, -0.25) is 14.4 Å². The zero-order valence-electron chi connectivity index (χ0n) is 16.7. The van der Waals surface area contributed by atoms with Crippen molar-refractivity contribution in [1.82, 2.24) is 19.7 Å². The molecule has 0 atom stereocenters. The van der Waals surface area contributed by atoms with Crippen LogP contribution in [0.2, 0.25) is 5.02 Å². The van der Waals surface area contributed by atoms with Crippen LogP contribution in [0.3, 0.4) is 0 Å². The third-order valence-electron chi connectivity index (χ3n) is 4.87. The minimum Gasteiger partial charge on any atom is -0.343 e. The van der Waals surface area contributed by atoms with Crippen LogP contribution in [0.5, 0.6) is 0 Å². The number of aromatic nitrogens is 1. The third kappa shape index (κ3) is 4.56. The Morgan fingerprint density at radius 1 is 0.966 bits per heavy atom. The highest BCUT2D eigenvalue weighted by Crippen LogP contribution is 2.16. The van der Waals surface area contributed by atoms with E-state index < -0.39 is 0 Å². The maximum absolute atomic E-state index is 12.9. The van der Waals surface area contributed by atoms with E-state index in [9.17, 15) is 14.4 Å². The first-order valence-electron chi connectivity index (χ1n) is 9.31. The molecule has 3 rings (SSSR count). The Bertz CT molecular complexity index is 953. The molecule has 0 aliphatic carbocycles. The molecule has 1 aromatic heterocycles. The monoisotopic (exact) mass is 414 g/mol. The molecule has 2 aromatic rings. The number of nitrogens with zero attached hydrogens (tertiary/aromatic N) is 4. The number of pyridine rings is 1. The van der Waals surface area contributed by atoms with Gasteiger partial charge in [0.2, 0.25) is 0 Å². The van der Waals surface area contributed by atoms with E-state index in [-0.39, 0.29) is 17.7 Å². The van der Waals surface area contributed by atoms with E-state index in [2.05, 4.69) is 4.98 Å². The summed E-state index contributed by atoms with van der Waals surface area (Å²) in [5.74, 6) is -0.446. The molecule has 29 heavy (non-hydrogen) atoms. The fourth-order valence-corrected chi connectivity index (χ4v) is 3.41. The van der Waals surface area contributed by atoms with E-state index in [1.54, 1.807) is 67.2 Å². The van der Waals surface area contributed by atoms with Crippen LogP contribution in [0.1, 0.15) is 36.9 Å². The molecule has 1 aliphatic heterocycles. The molecule has 1 aliphatic rings. The average Bonchev–Trinajstić information content (AvgIpc) is 2.72. The minimum atomic E-state index is -0.208. The third-order valence-corrected chi connectivity index (χ3v) is 5.10. The highest BCUT2D eigenvalue weighted by atomic mass is 35.5. The van der Waals surface area contributed by atoms with Crippen molar-refractivity contribution in [1.29, 1.82) is 0 Å². The molecule has 0 saturated carbocycles. The first-order valence-corrected chi connectivity index (χ1v) is 9.69. The molecule has 1 saturated heterocycles. The van der Waals surface area contributed by atoms with Crippen LogP contribution in [0.15, 0.2) is 36.4 Å². The van der Waals surface area contributed by atoms with Gasteiger partial charge in [0, 0.05) is 50.9 Å². The lowest BCUT2D eigenvalue weighted by molar-refractivity contribution is 0.0534. The molecule has 0 N–H and O–H groups in total. The number of amides is 3. The van der Waals surface area contributed by atoms with Crippen LogP contribution < -0.4 is 0 Å². The van der Waals surface area contributed by atoms with Gasteiger partial charge >= 0.3 is 0 Å². The summed E-state index contributed by atoms with van der Waals surface area (Å²) in [7, 11) is 3.31. The quantitative estimate of drug-likeness (QED) is 0.772. The zero-order chi connectivity index (χ0) is 21.1. The van der Waals surface area contributed by atoms with Crippen molar-refractivity contribution < 1.29 is 14.4 Å². The summed E-state index contributed by atoms with van der Waals surface area (Å²) in [5.41, 5.74) is 1.83. The number of hydrogen-bond donors (Lipinski definition) is 0. The van der Waals surface area contributed by atoms with Crippen molar-refractivity contribution in [2.75, 3.05) is 40.3 Å². The van der Waals surface area contributed by atoms with Crippen molar-refractivity contribution >= 4 is 29.3 Å². The smallest absolute Gasteiger partial charge is 0.271 e. The van der Waals surface area contributed by atoms with E-state index in [0.29, 0.717) is 53.7 Å². The van der Waals surface area contributed by atoms with E-state index in [1.165, 1.54) is 4.90 Å². The Hall–Kier alpha value is -2.93. The van der Waals surface area contributed by atoms with Gasteiger partial charge in [-0.05, 0) is 37.3 Å². The number of benzene rings is 1. The molecule has 3 amide bonds. The number of halogens is 1. The maximum atomic E-state index is 12.9. The van der Waals surface area contributed by atoms with Crippen molar-refractivity contribution in [2.45, 2.75) is 6.92 Å². The zero-order valence-corrected chi connectivity index (χ0v) is 17.4. The highest BCUT2D eigenvalue weighted by molar-refractivity contribution is 6.30. The lowest BCUT2D eigenvalue weighted by Gasteiger charge is -2.35. The van der Waals surface area contributed by atoms with Crippen LogP contribution in [0, 0.1) is 6.92 Å². The summed E-state index contributed by atoms with van der Waals surface area (Å²) < 4.78 is 0. The Labute approximate surface area is 174 Å². The van der Waals surface area contributed by atoms with Crippen molar-refractivity contribution in [3.63, 3.8) is 0 Å². The Balaban J connectivity index is 1.66. The second kappa shape index (κ2) is 8.61. The van der Waals surface area contributed by atoms with Crippen LogP contribution in [-0.4, -0.2) is 77.7 Å². The number of rotatable bonds is 3. The largest absolute Gasteiger partial charge is 0.343 e. The van der Waals surface area contributed by atoms with Crippen molar-refractivity contribution in [2.24, 2.45) is 0 Å². The number of carbonyl (C=O) groups excluding carboxylic acids is 3. The lowest BCUT2D eigenvalue weighted by atomic mass is 10.1. The second-order valence-corrected chi connectivity index (χ2v) is 7.56. The van der Waals surface area contributed by atoms with Crippen molar-refractivity contribution in [3.05, 3.63) is 63.9 Å². The van der Waals surface area contributed by atoms with Gasteiger partial charge in [-0.15, -0.1) is 0 Å². The van der Waals surface area contributed by atoms with Crippen LogP contribution >= 0.6 is 11.6 Å². The highest BCUT2D eigenvalue weighted by Gasteiger charge is 2.27.